The first-order valence-corrected chi connectivity index (χ1v) is 6.74. The second-order valence-corrected chi connectivity index (χ2v) is 4.80. The molecule has 0 aliphatic rings. The predicted molar refractivity (Wildman–Crippen MR) is 75.7 cm³/mol. The number of hydrogen-bond acceptors (Lipinski definition) is 2. The number of para-hydroxylation sites is 1. The average Bonchev–Trinajstić information content (AvgIpc) is 2.42. The molecule has 19 heavy (non-hydrogen) atoms. The standard InChI is InChI=1S/C15H14BrFO2/c16-15-10-13(17)7-6-12(15)11-18-8-9-19-14-4-2-1-3-5-14/h1-7,10H,8-9,11H2. The molecule has 4 heteroatoms. The Bertz CT molecular complexity index is 517. The zero-order chi connectivity index (χ0) is 13.5. The molecule has 0 spiro atoms. The van der Waals surface area contributed by atoms with Gasteiger partial charge in [0.2, 0.25) is 0 Å². The van der Waals surface area contributed by atoms with Gasteiger partial charge in [0.15, 0.2) is 0 Å². The van der Waals surface area contributed by atoms with E-state index in [1.165, 1.54) is 12.1 Å². The smallest absolute Gasteiger partial charge is 0.124 e. The summed E-state index contributed by atoms with van der Waals surface area (Å²) in [6, 6.07) is 14.1. The molecule has 0 radical (unpaired) electrons. The molecule has 2 rings (SSSR count). The molecule has 100 valence electrons. The van der Waals surface area contributed by atoms with Gasteiger partial charge < -0.3 is 9.47 Å². The molecular weight excluding hydrogens is 311 g/mol. The Morgan fingerprint density at radius 3 is 2.53 bits per heavy atom. The SMILES string of the molecule is Fc1ccc(COCCOc2ccccc2)c(Br)c1. The number of benzene rings is 2. The van der Waals surface area contributed by atoms with E-state index in [0.29, 0.717) is 19.8 Å². The number of halogens is 2. The van der Waals surface area contributed by atoms with Gasteiger partial charge in [-0.3, -0.25) is 0 Å². The van der Waals surface area contributed by atoms with Crippen molar-refractivity contribution >= 4 is 15.9 Å². The van der Waals surface area contributed by atoms with Crippen LogP contribution in [0.1, 0.15) is 5.56 Å². The molecule has 0 saturated heterocycles. The summed E-state index contributed by atoms with van der Waals surface area (Å²) < 4.78 is 24.6. The van der Waals surface area contributed by atoms with Crippen LogP contribution in [-0.2, 0) is 11.3 Å². The zero-order valence-electron chi connectivity index (χ0n) is 10.3. The van der Waals surface area contributed by atoms with E-state index in [0.717, 1.165) is 15.8 Å². The van der Waals surface area contributed by atoms with Gasteiger partial charge in [0, 0.05) is 4.47 Å². The Balaban J connectivity index is 1.69. The summed E-state index contributed by atoms with van der Waals surface area (Å²) in [5.74, 6) is 0.567. The van der Waals surface area contributed by atoms with Crippen LogP contribution in [0.3, 0.4) is 0 Å². The number of ether oxygens (including phenoxy) is 2. The van der Waals surface area contributed by atoms with Crippen LogP contribution in [0, 0.1) is 5.82 Å². The fourth-order valence-electron chi connectivity index (χ4n) is 1.56. The van der Waals surface area contributed by atoms with Gasteiger partial charge in [-0.05, 0) is 29.8 Å². The van der Waals surface area contributed by atoms with Crippen molar-refractivity contribution in [3.8, 4) is 5.75 Å². The second kappa shape index (κ2) is 7.26. The number of rotatable bonds is 6. The quantitative estimate of drug-likeness (QED) is 0.742. The van der Waals surface area contributed by atoms with Gasteiger partial charge in [-0.25, -0.2) is 4.39 Å². The summed E-state index contributed by atoms with van der Waals surface area (Å²) >= 11 is 3.30. The minimum absolute atomic E-state index is 0.261. The molecule has 0 N–H and O–H groups in total. The average molecular weight is 325 g/mol. The Morgan fingerprint density at radius 2 is 1.79 bits per heavy atom. The third kappa shape index (κ3) is 4.65. The Morgan fingerprint density at radius 1 is 1.00 bits per heavy atom. The molecule has 0 unspecified atom stereocenters. The second-order valence-electron chi connectivity index (χ2n) is 3.95. The van der Waals surface area contributed by atoms with Crippen molar-refractivity contribution in [1.29, 1.82) is 0 Å². The Kier molecular flexibility index (Phi) is 5.36. The first-order chi connectivity index (χ1) is 9.25. The lowest BCUT2D eigenvalue weighted by Gasteiger charge is -2.08. The predicted octanol–water partition coefficient (Wildman–Crippen LogP) is 4.18. The van der Waals surface area contributed by atoms with Gasteiger partial charge in [-0.1, -0.05) is 40.2 Å². The van der Waals surface area contributed by atoms with Gasteiger partial charge in [0.05, 0.1) is 13.2 Å². The maximum absolute atomic E-state index is 12.9. The van der Waals surface area contributed by atoms with E-state index in [-0.39, 0.29) is 5.82 Å². The van der Waals surface area contributed by atoms with Gasteiger partial charge in [0.25, 0.3) is 0 Å². The zero-order valence-corrected chi connectivity index (χ0v) is 11.9. The highest BCUT2D eigenvalue weighted by Crippen LogP contribution is 2.18. The summed E-state index contributed by atoms with van der Waals surface area (Å²) in [5, 5.41) is 0. The van der Waals surface area contributed by atoms with Crippen molar-refractivity contribution in [2.24, 2.45) is 0 Å². The third-order valence-corrected chi connectivity index (χ3v) is 3.25. The Labute approximate surface area is 120 Å². The van der Waals surface area contributed by atoms with E-state index < -0.39 is 0 Å². The maximum Gasteiger partial charge on any atom is 0.124 e. The van der Waals surface area contributed by atoms with Gasteiger partial charge >= 0.3 is 0 Å². The van der Waals surface area contributed by atoms with Crippen LogP contribution in [0.5, 0.6) is 5.75 Å². The van der Waals surface area contributed by atoms with Crippen LogP contribution in [0.4, 0.5) is 4.39 Å². The summed E-state index contributed by atoms with van der Waals surface area (Å²) in [5.41, 5.74) is 0.918. The van der Waals surface area contributed by atoms with E-state index in [9.17, 15) is 4.39 Å². The maximum atomic E-state index is 12.9. The van der Waals surface area contributed by atoms with Crippen LogP contribution in [-0.4, -0.2) is 13.2 Å². The lowest BCUT2D eigenvalue weighted by Crippen LogP contribution is -2.06. The van der Waals surface area contributed by atoms with Crippen molar-refractivity contribution in [3.63, 3.8) is 0 Å². The summed E-state index contributed by atoms with van der Waals surface area (Å²) in [6.07, 6.45) is 0. The topological polar surface area (TPSA) is 18.5 Å². The van der Waals surface area contributed by atoms with Gasteiger partial charge in [0.1, 0.15) is 18.2 Å². The van der Waals surface area contributed by atoms with Crippen LogP contribution >= 0.6 is 15.9 Å². The van der Waals surface area contributed by atoms with Crippen molar-refractivity contribution < 1.29 is 13.9 Å². The first-order valence-electron chi connectivity index (χ1n) is 5.95. The molecule has 2 nitrogen and oxygen atoms in total. The van der Waals surface area contributed by atoms with Crippen molar-refractivity contribution in [1.82, 2.24) is 0 Å². The van der Waals surface area contributed by atoms with Crippen molar-refractivity contribution in [2.75, 3.05) is 13.2 Å². The van der Waals surface area contributed by atoms with E-state index in [1.807, 2.05) is 30.3 Å². The van der Waals surface area contributed by atoms with E-state index in [4.69, 9.17) is 9.47 Å². The van der Waals surface area contributed by atoms with Crippen LogP contribution in [0.15, 0.2) is 53.0 Å². The van der Waals surface area contributed by atoms with Crippen molar-refractivity contribution in [3.05, 3.63) is 64.4 Å². The molecule has 0 bridgehead atoms. The minimum atomic E-state index is -0.261. The minimum Gasteiger partial charge on any atom is -0.491 e. The van der Waals surface area contributed by atoms with Gasteiger partial charge in [-0.15, -0.1) is 0 Å². The molecule has 0 saturated carbocycles. The molecule has 0 aromatic heterocycles. The van der Waals surface area contributed by atoms with Crippen LogP contribution < -0.4 is 4.74 Å². The number of hydrogen-bond donors (Lipinski definition) is 0. The van der Waals surface area contributed by atoms with E-state index >= 15 is 0 Å². The summed E-state index contributed by atoms with van der Waals surface area (Å²) in [7, 11) is 0. The fraction of sp³-hybridized carbons (Fsp3) is 0.200. The highest BCUT2D eigenvalue weighted by molar-refractivity contribution is 9.10. The largest absolute Gasteiger partial charge is 0.491 e. The normalized spacial score (nSPS) is 10.4. The summed E-state index contributed by atoms with van der Waals surface area (Å²) in [4.78, 5) is 0. The third-order valence-electron chi connectivity index (χ3n) is 2.51. The lowest BCUT2D eigenvalue weighted by atomic mass is 10.2. The van der Waals surface area contributed by atoms with Crippen molar-refractivity contribution in [2.45, 2.75) is 6.61 Å². The highest BCUT2D eigenvalue weighted by atomic mass is 79.9. The van der Waals surface area contributed by atoms with Crippen LogP contribution in [0.2, 0.25) is 0 Å². The van der Waals surface area contributed by atoms with E-state index in [1.54, 1.807) is 6.07 Å². The monoisotopic (exact) mass is 324 g/mol. The fourth-order valence-corrected chi connectivity index (χ4v) is 2.02. The lowest BCUT2D eigenvalue weighted by molar-refractivity contribution is 0.0886. The molecule has 2 aromatic rings. The molecule has 0 aliphatic heterocycles. The van der Waals surface area contributed by atoms with E-state index in [2.05, 4.69) is 15.9 Å². The molecule has 0 fully saturated rings. The molecule has 0 aliphatic carbocycles. The molecule has 0 atom stereocenters. The molecule has 2 aromatic carbocycles. The molecule has 0 heterocycles. The Hall–Kier alpha value is -1.39. The molecular formula is C15H14BrFO2. The molecule has 0 amide bonds. The van der Waals surface area contributed by atoms with Gasteiger partial charge in [-0.2, -0.15) is 0 Å². The first kappa shape index (κ1) is 14.0. The summed E-state index contributed by atoms with van der Waals surface area (Å²) in [6.45, 7) is 1.40. The van der Waals surface area contributed by atoms with Crippen LogP contribution in [0.25, 0.3) is 0 Å². The highest BCUT2D eigenvalue weighted by Gasteiger charge is 2.01.